The fourth-order valence-electron chi connectivity index (χ4n) is 2.69. The quantitative estimate of drug-likeness (QED) is 0.179. The second-order valence-electron chi connectivity index (χ2n) is 5.72. The maximum atomic E-state index is 13.3. The molecule has 0 aromatic rings. The Morgan fingerprint density at radius 1 is 0.842 bits per heavy atom. The first-order chi connectivity index (χ1) is 8.29. The molecule has 0 saturated heterocycles. The molecule has 0 rings (SSSR count). The largest absolute Gasteiger partial charge is 0.379 e. The second-order valence-corrected chi connectivity index (χ2v) is 12.7. The van der Waals surface area contributed by atoms with Gasteiger partial charge in [0, 0.05) is 22.6 Å². The highest BCUT2D eigenvalue weighted by molar-refractivity contribution is 14.1. The Morgan fingerprint density at radius 2 is 1.16 bits per heavy atom. The highest BCUT2D eigenvalue weighted by Crippen LogP contribution is 2.43. The van der Waals surface area contributed by atoms with Gasteiger partial charge in [-0.3, -0.25) is 0 Å². The van der Waals surface area contributed by atoms with Crippen LogP contribution in [0.25, 0.3) is 0 Å². The molecule has 0 nitrogen and oxygen atoms in total. The average Bonchev–Trinajstić information content (AvgIpc) is 2.14. The molecule has 0 spiro atoms. The van der Waals surface area contributed by atoms with Crippen molar-refractivity contribution in [2.75, 3.05) is 0 Å². The Hall–Kier alpha value is 0.227. The number of halogens is 5. The first kappa shape index (κ1) is 19.2. The van der Waals surface area contributed by atoms with Crippen LogP contribution in [0.2, 0.25) is 16.6 Å². The summed E-state index contributed by atoms with van der Waals surface area (Å²) in [6.07, 6.45) is 0. The van der Waals surface area contributed by atoms with E-state index in [4.69, 9.17) is 0 Å². The van der Waals surface area contributed by atoms with Crippen LogP contribution in [0.15, 0.2) is 0 Å². The molecule has 0 aromatic heterocycles. The van der Waals surface area contributed by atoms with Crippen molar-refractivity contribution in [2.24, 2.45) is 0 Å². The molecule has 0 bridgehead atoms. The molecule has 0 unspecified atom stereocenters. The summed E-state index contributed by atoms with van der Waals surface area (Å²) in [5.41, 5.74) is 3.05. The van der Waals surface area contributed by atoms with E-state index in [1.165, 1.54) is 0 Å². The molecule has 0 amide bonds. The van der Waals surface area contributed by atoms with Crippen molar-refractivity contribution >= 4 is 30.7 Å². The predicted molar refractivity (Wildman–Crippen MR) is 82.7 cm³/mol. The minimum atomic E-state index is -4.27. The summed E-state index contributed by atoms with van der Waals surface area (Å²) in [7, 11) is -2.39. The standard InChI is InChI=1S/C13H21F4ISi/c1-9(2)19(10(3)4,11(5)6)8-7-12(14,15)13(16,17)18/h9-11H,1-6H3. The van der Waals surface area contributed by atoms with Crippen LogP contribution in [0.4, 0.5) is 17.6 Å². The average molecular weight is 408 g/mol. The van der Waals surface area contributed by atoms with Crippen molar-refractivity contribution in [2.45, 2.75) is 68.0 Å². The van der Waals surface area contributed by atoms with Gasteiger partial charge in [0.25, 0.3) is 0 Å². The minimum absolute atomic E-state index is 0.138. The summed E-state index contributed by atoms with van der Waals surface area (Å²) in [6, 6.07) is 0. The molecule has 0 N–H and O–H groups in total. The van der Waals surface area contributed by atoms with Crippen LogP contribution in [0, 0.1) is 11.5 Å². The Balaban J connectivity index is 5.75. The molecular formula is C13H21F4ISi. The summed E-state index contributed by atoms with van der Waals surface area (Å²) in [5, 5.41) is 0. The summed E-state index contributed by atoms with van der Waals surface area (Å²) in [4.78, 5) is 0. The van der Waals surface area contributed by atoms with E-state index in [0.29, 0.717) is 22.6 Å². The van der Waals surface area contributed by atoms with Crippen molar-refractivity contribution in [1.29, 1.82) is 0 Å². The molecular weight excluding hydrogens is 387 g/mol. The van der Waals surface area contributed by atoms with Crippen LogP contribution >= 0.6 is 22.6 Å². The summed E-state index contributed by atoms with van der Waals surface area (Å²) >= 11 is 0.453. The SMILES string of the molecule is CC(C)[Si](C#CC(F)(F)C(F)(F)I)(C(C)C)C(C)C. The lowest BCUT2D eigenvalue weighted by atomic mass is 10.4. The summed E-state index contributed by atoms with van der Waals surface area (Å²) in [6.45, 7) is 11.7. The van der Waals surface area contributed by atoms with E-state index in [9.17, 15) is 17.6 Å². The van der Waals surface area contributed by atoms with Gasteiger partial charge in [0.05, 0.1) is 0 Å². The maximum absolute atomic E-state index is 13.3. The fourth-order valence-corrected chi connectivity index (χ4v) is 8.06. The zero-order chi connectivity index (χ0) is 15.6. The third kappa shape index (κ3) is 4.10. The van der Waals surface area contributed by atoms with Crippen molar-refractivity contribution < 1.29 is 17.6 Å². The van der Waals surface area contributed by atoms with Gasteiger partial charge in [0.2, 0.25) is 0 Å². The zero-order valence-corrected chi connectivity index (χ0v) is 15.3. The second kappa shape index (κ2) is 6.33. The van der Waals surface area contributed by atoms with Gasteiger partial charge in [-0.15, -0.1) is 5.54 Å². The molecule has 112 valence electrons. The van der Waals surface area contributed by atoms with E-state index in [0.717, 1.165) is 0 Å². The van der Waals surface area contributed by atoms with E-state index in [1.54, 1.807) is 5.92 Å². The summed E-state index contributed by atoms with van der Waals surface area (Å²) < 4.78 is 48.2. The Kier molecular flexibility index (Phi) is 6.41. The lowest BCUT2D eigenvalue weighted by Gasteiger charge is -2.38. The van der Waals surface area contributed by atoms with Gasteiger partial charge in [-0.25, -0.2) is 0 Å². The van der Waals surface area contributed by atoms with Crippen molar-refractivity contribution in [1.82, 2.24) is 0 Å². The third-order valence-electron chi connectivity index (χ3n) is 3.66. The first-order valence-corrected chi connectivity index (χ1v) is 9.59. The topological polar surface area (TPSA) is 0 Å². The molecule has 0 atom stereocenters. The van der Waals surface area contributed by atoms with E-state index >= 15 is 0 Å². The van der Waals surface area contributed by atoms with Gasteiger partial charge in [-0.05, 0) is 22.5 Å². The lowest BCUT2D eigenvalue weighted by molar-refractivity contribution is -0.0960. The third-order valence-corrected chi connectivity index (χ3v) is 10.6. The molecule has 0 aromatic carbocycles. The molecule has 0 aliphatic heterocycles. The van der Waals surface area contributed by atoms with Gasteiger partial charge < -0.3 is 0 Å². The molecule has 0 aliphatic carbocycles. The van der Waals surface area contributed by atoms with E-state index in [2.05, 4.69) is 5.54 Å². The van der Waals surface area contributed by atoms with E-state index < -0.39 is 17.9 Å². The van der Waals surface area contributed by atoms with Crippen LogP contribution in [-0.4, -0.2) is 17.9 Å². The van der Waals surface area contributed by atoms with Gasteiger partial charge >= 0.3 is 9.85 Å². The Morgan fingerprint density at radius 3 is 1.37 bits per heavy atom. The lowest BCUT2D eigenvalue weighted by Crippen LogP contribution is -2.44. The van der Waals surface area contributed by atoms with Gasteiger partial charge in [0.15, 0.2) is 0 Å². The zero-order valence-electron chi connectivity index (χ0n) is 12.1. The monoisotopic (exact) mass is 408 g/mol. The van der Waals surface area contributed by atoms with Crippen molar-refractivity contribution in [3.63, 3.8) is 0 Å². The Bertz CT molecular complexity index is 339. The van der Waals surface area contributed by atoms with Crippen LogP contribution in [0.3, 0.4) is 0 Å². The number of hydrogen-bond donors (Lipinski definition) is 0. The van der Waals surface area contributed by atoms with E-state index in [1.807, 2.05) is 41.5 Å². The highest BCUT2D eigenvalue weighted by atomic mass is 127. The minimum Gasteiger partial charge on any atom is -0.187 e. The fraction of sp³-hybridized carbons (Fsp3) is 0.846. The predicted octanol–water partition coefficient (Wildman–Crippen LogP) is 5.87. The van der Waals surface area contributed by atoms with E-state index in [-0.39, 0.29) is 16.6 Å². The van der Waals surface area contributed by atoms with Gasteiger partial charge in [-0.1, -0.05) is 41.5 Å². The Labute approximate surface area is 127 Å². The van der Waals surface area contributed by atoms with Crippen LogP contribution in [-0.2, 0) is 0 Å². The molecule has 0 heterocycles. The van der Waals surface area contributed by atoms with Crippen molar-refractivity contribution in [3.8, 4) is 11.5 Å². The first-order valence-electron chi connectivity index (χ1n) is 6.28. The smallest absolute Gasteiger partial charge is 0.187 e. The van der Waals surface area contributed by atoms with Crippen LogP contribution < -0.4 is 0 Å². The number of alkyl halides is 5. The molecule has 0 radical (unpaired) electrons. The maximum Gasteiger partial charge on any atom is 0.379 e. The van der Waals surface area contributed by atoms with Gasteiger partial charge in [-0.2, -0.15) is 17.6 Å². The van der Waals surface area contributed by atoms with Crippen molar-refractivity contribution in [3.05, 3.63) is 0 Å². The molecule has 0 aliphatic rings. The highest BCUT2D eigenvalue weighted by Gasteiger charge is 2.54. The molecule has 0 fully saturated rings. The number of rotatable bonds is 4. The molecule has 0 saturated carbocycles. The normalized spacial score (nSPS) is 14.0. The van der Waals surface area contributed by atoms with Gasteiger partial charge in [0.1, 0.15) is 8.07 Å². The molecule has 19 heavy (non-hydrogen) atoms. The summed E-state index contributed by atoms with van der Waals surface area (Å²) in [5.74, 6) is -2.67. The van der Waals surface area contributed by atoms with Crippen LogP contribution in [0.5, 0.6) is 0 Å². The molecule has 6 heteroatoms. The van der Waals surface area contributed by atoms with Crippen LogP contribution in [0.1, 0.15) is 41.5 Å². The number of hydrogen-bond acceptors (Lipinski definition) is 0.